The number of amides is 2. The summed E-state index contributed by atoms with van der Waals surface area (Å²) >= 11 is 0. The van der Waals surface area contributed by atoms with E-state index >= 15 is 0 Å². The van der Waals surface area contributed by atoms with Crippen LogP contribution in [0.1, 0.15) is 98.8 Å². The number of hydrogen-bond donors (Lipinski definition) is 5. The summed E-state index contributed by atoms with van der Waals surface area (Å²) in [6, 6.07) is -1.82. The fraction of sp³-hybridized carbons (Fsp3) is 0.583. The summed E-state index contributed by atoms with van der Waals surface area (Å²) in [6.07, 6.45) is 28.8. The molecule has 2 atom stereocenters. The molecule has 0 aromatic carbocycles. The van der Waals surface area contributed by atoms with E-state index in [0.717, 1.165) is 38.5 Å². The van der Waals surface area contributed by atoms with Crippen molar-refractivity contribution in [3.63, 3.8) is 0 Å². The van der Waals surface area contributed by atoms with Gasteiger partial charge in [-0.25, -0.2) is 0 Å². The molecular formula is C36H63N7O4. The number of nitrogens with one attached hydrogen (secondary N) is 2. The lowest BCUT2D eigenvalue weighted by atomic mass is 10.0. The Hall–Kier alpha value is -4.15. The number of allylic oxidation sites excluding steroid dienone is 10. The number of guanidine groups is 2. The normalized spacial score (nSPS) is 13.0. The number of carboxylic acid groups (broad SMARTS) is 1. The Labute approximate surface area is 283 Å². The SMILES string of the molecule is CC/C=C\C/C=C\C/C=C\C/C=C\C/C=C\CCCC(=O)N[C@@H](CC(C)C)C(=O)N[C@@H](CC(C)C)C(=O)[O-].C[N+](C)=C(N)N=C(N)N. The van der Waals surface area contributed by atoms with Crippen molar-refractivity contribution in [1.82, 2.24) is 10.6 Å². The summed E-state index contributed by atoms with van der Waals surface area (Å²) in [6.45, 7) is 9.81. The zero-order valence-corrected chi connectivity index (χ0v) is 29.9. The maximum Gasteiger partial charge on any atom is 0.387 e. The van der Waals surface area contributed by atoms with E-state index in [1.807, 2.05) is 27.7 Å². The van der Waals surface area contributed by atoms with Crippen LogP contribution in [0, 0.1) is 11.8 Å². The van der Waals surface area contributed by atoms with Gasteiger partial charge in [-0.2, -0.15) is 0 Å². The van der Waals surface area contributed by atoms with Crippen molar-refractivity contribution in [3.05, 3.63) is 60.8 Å². The zero-order chi connectivity index (χ0) is 36.0. The van der Waals surface area contributed by atoms with Crippen LogP contribution >= 0.6 is 0 Å². The molecule has 266 valence electrons. The molecular weight excluding hydrogens is 594 g/mol. The number of aliphatic carboxylic acids is 1. The van der Waals surface area contributed by atoms with Crippen LogP contribution in [-0.2, 0) is 14.4 Å². The minimum absolute atomic E-state index is 0.0267. The van der Waals surface area contributed by atoms with Crippen LogP contribution in [0.25, 0.3) is 0 Å². The van der Waals surface area contributed by atoms with Crippen molar-refractivity contribution >= 4 is 29.7 Å². The van der Waals surface area contributed by atoms with Crippen LogP contribution in [0.3, 0.4) is 0 Å². The molecule has 8 N–H and O–H groups in total. The second-order valence-corrected chi connectivity index (χ2v) is 12.1. The number of unbranched alkanes of at least 4 members (excludes halogenated alkanes) is 1. The number of carbonyl (C=O) groups excluding carboxylic acids is 3. The van der Waals surface area contributed by atoms with Crippen LogP contribution < -0.4 is 32.9 Å². The highest BCUT2D eigenvalue weighted by Gasteiger charge is 2.25. The fourth-order valence-corrected chi connectivity index (χ4v) is 3.91. The van der Waals surface area contributed by atoms with Crippen LogP contribution in [0.5, 0.6) is 0 Å². The first-order valence-corrected chi connectivity index (χ1v) is 16.7. The third-order valence-corrected chi connectivity index (χ3v) is 6.30. The predicted octanol–water partition coefficient (Wildman–Crippen LogP) is 3.57. The van der Waals surface area contributed by atoms with Gasteiger partial charge in [0.05, 0.1) is 26.1 Å². The van der Waals surface area contributed by atoms with E-state index in [2.05, 4.69) is 83.3 Å². The van der Waals surface area contributed by atoms with Crippen molar-refractivity contribution in [3.8, 4) is 0 Å². The number of rotatable bonds is 21. The smallest absolute Gasteiger partial charge is 0.387 e. The summed E-state index contributed by atoms with van der Waals surface area (Å²) < 4.78 is 1.61. The molecule has 0 rings (SSSR count). The highest BCUT2D eigenvalue weighted by atomic mass is 16.4. The predicted molar refractivity (Wildman–Crippen MR) is 193 cm³/mol. The largest absolute Gasteiger partial charge is 0.548 e. The number of nitrogens with two attached hydrogens (primary N) is 3. The average Bonchev–Trinajstić information content (AvgIpc) is 2.97. The Morgan fingerprint density at radius 3 is 1.55 bits per heavy atom. The van der Waals surface area contributed by atoms with Crippen LogP contribution in [-0.4, -0.2) is 60.5 Å². The number of hydrogen-bond acceptors (Lipinski definition) is 4. The first kappa shape index (κ1) is 45.0. The van der Waals surface area contributed by atoms with Gasteiger partial charge < -0.3 is 32.0 Å². The summed E-state index contributed by atoms with van der Waals surface area (Å²) in [4.78, 5) is 40.1. The van der Waals surface area contributed by atoms with Crippen LogP contribution in [0.15, 0.2) is 65.8 Å². The molecule has 0 heterocycles. The molecule has 0 aromatic rings. The molecule has 0 saturated carbocycles. The maximum absolute atomic E-state index is 12.7. The summed E-state index contributed by atoms with van der Waals surface area (Å²) in [5.74, 6) is -1.45. The molecule has 2 amide bonds. The lowest BCUT2D eigenvalue weighted by Gasteiger charge is -2.26. The fourth-order valence-electron chi connectivity index (χ4n) is 3.91. The van der Waals surface area contributed by atoms with E-state index in [1.165, 1.54) is 0 Å². The Bertz CT molecular complexity index is 1090. The molecule has 0 saturated heterocycles. The van der Waals surface area contributed by atoms with Gasteiger partial charge in [0.15, 0.2) is 0 Å². The number of carboxylic acids is 1. The van der Waals surface area contributed by atoms with Crippen LogP contribution in [0.2, 0.25) is 0 Å². The Morgan fingerprint density at radius 2 is 1.17 bits per heavy atom. The number of aliphatic imine (C=N–C) groups is 1. The van der Waals surface area contributed by atoms with Crippen molar-refractivity contribution in [2.75, 3.05) is 14.1 Å². The van der Waals surface area contributed by atoms with E-state index in [-0.39, 0.29) is 30.1 Å². The second kappa shape index (κ2) is 29.3. The topological polar surface area (TPSA) is 192 Å². The van der Waals surface area contributed by atoms with E-state index < -0.39 is 24.0 Å². The standard InChI is InChI=1S/C32H52N2O4.C4H11N5/c1-6-7-8-9-10-11-12-13-14-15-16-17-18-19-20-21-22-23-30(35)33-28(24-26(2)3)31(36)34-29(32(37)38)25-27(4)5;1-9(2)4(7)8-3(5)6/h7-8,10-11,13-14,16-17,19-20,26-29H,6,9,12,15,18,21-25H2,1-5H3,(H,33,35)(H,34,36)(H,37,38);1-2H3,(H5,5,6,7,8)/b8-7-,11-10-,14-13-,17-16-,20-19-;/t28-,29-;/m0./s1. The molecule has 0 unspecified atom stereocenters. The first-order valence-electron chi connectivity index (χ1n) is 16.7. The van der Waals surface area contributed by atoms with Crippen molar-refractivity contribution in [2.24, 2.45) is 34.0 Å². The van der Waals surface area contributed by atoms with Gasteiger partial charge in [0, 0.05) is 6.42 Å². The van der Waals surface area contributed by atoms with Gasteiger partial charge in [-0.1, -0.05) is 95.4 Å². The molecule has 0 aromatic heterocycles. The second-order valence-electron chi connectivity index (χ2n) is 12.1. The molecule has 0 spiro atoms. The van der Waals surface area contributed by atoms with Crippen molar-refractivity contribution < 1.29 is 24.1 Å². The highest BCUT2D eigenvalue weighted by molar-refractivity contribution is 5.90. The Balaban J connectivity index is 0. The maximum atomic E-state index is 12.7. The molecule has 0 aliphatic heterocycles. The minimum Gasteiger partial charge on any atom is -0.548 e. The molecule has 0 aliphatic rings. The van der Waals surface area contributed by atoms with E-state index in [1.54, 1.807) is 18.7 Å². The third kappa shape index (κ3) is 30.3. The molecule has 0 aliphatic carbocycles. The summed E-state index contributed by atoms with van der Waals surface area (Å²) in [5, 5.41) is 16.7. The van der Waals surface area contributed by atoms with E-state index in [4.69, 9.17) is 17.2 Å². The van der Waals surface area contributed by atoms with Gasteiger partial charge in [-0.3, -0.25) is 19.9 Å². The number of carbonyl (C=O) groups is 3. The molecule has 11 heteroatoms. The summed E-state index contributed by atoms with van der Waals surface area (Å²) in [7, 11) is 3.50. The molecule has 0 bridgehead atoms. The van der Waals surface area contributed by atoms with E-state index in [0.29, 0.717) is 25.2 Å². The quantitative estimate of drug-likeness (QED) is 0.0410. The van der Waals surface area contributed by atoms with Gasteiger partial charge in [-0.15, -0.1) is 0 Å². The minimum atomic E-state index is -1.31. The monoisotopic (exact) mass is 657 g/mol. The van der Waals surface area contributed by atoms with Gasteiger partial charge in [-0.05, 0) is 74.6 Å². The van der Waals surface area contributed by atoms with Crippen molar-refractivity contribution in [1.29, 1.82) is 0 Å². The average molecular weight is 658 g/mol. The Kier molecular flexibility index (Phi) is 28.0. The molecule has 0 fully saturated rings. The number of nitrogens with zero attached hydrogens (tertiary/aromatic N) is 2. The lowest BCUT2D eigenvalue weighted by molar-refractivity contribution is -0.466. The highest BCUT2D eigenvalue weighted by Crippen LogP contribution is 2.09. The molecule has 47 heavy (non-hydrogen) atoms. The summed E-state index contributed by atoms with van der Waals surface area (Å²) in [5.41, 5.74) is 15.4. The lowest BCUT2D eigenvalue weighted by Crippen LogP contribution is -2.55. The zero-order valence-electron chi connectivity index (χ0n) is 29.9. The third-order valence-electron chi connectivity index (χ3n) is 6.30. The van der Waals surface area contributed by atoms with Gasteiger partial charge in [0.2, 0.25) is 11.8 Å². The van der Waals surface area contributed by atoms with E-state index in [9.17, 15) is 19.5 Å². The molecule has 11 nitrogen and oxygen atoms in total. The first-order chi connectivity index (χ1) is 22.2. The van der Waals surface area contributed by atoms with Crippen molar-refractivity contribution in [2.45, 2.75) is 111 Å². The van der Waals surface area contributed by atoms with Gasteiger partial charge in [0.25, 0.3) is 5.96 Å². The van der Waals surface area contributed by atoms with Crippen LogP contribution in [0.4, 0.5) is 0 Å². The van der Waals surface area contributed by atoms with Gasteiger partial charge >= 0.3 is 5.96 Å². The van der Waals surface area contributed by atoms with Gasteiger partial charge in [0.1, 0.15) is 6.04 Å². The Morgan fingerprint density at radius 1 is 0.723 bits per heavy atom. The molecule has 0 radical (unpaired) electrons.